The molecule has 8 heteroatoms. The van der Waals surface area contributed by atoms with Crippen LogP contribution in [-0.2, 0) is 28.6 Å². The molecule has 42 heavy (non-hydrogen) atoms. The lowest BCUT2D eigenvalue weighted by Crippen LogP contribution is -2.66. The number of allylic oxidation sites excluding steroid dienone is 1. The number of hydrogen-bond acceptors (Lipinski definition) is 8. The van der Waals surface area contributed by atoms with Crippen LogP contribution >= 0.6 is 0 Å². The molecular weight excluding hydrogens is 536 g/mol. The number of Topliss-reactive ketones (excluding diaryl/α,β-unsaturated/α-hetero) is 1. The van der Waals surface area contributed by atoms with E-state index < -0.39 is 58.2 Å². The van der Waals surface area contributed by atoms with Crippen molar-refractivity contribution in [2.75, 3.05) is 7.11 Å². The molecule has 2 fully saturated rings. The molecule has 220 valence electrons. The second-order valence-electron chi connectivity index (χ2n) is 13.1. The fourth-order valence-electron chi connectivity index (χ4n) is 8.44. The third-order valence-electron chi connectivity index (χ3n) is 10.6. The summed E-state index contributed by atoms with van der Waals surface area (Å²) in [4.78, 5) is 53.8. The van der Waals surface area contributed by atoms with Gasteiger partial charge in [0.15, 0.2) is 0 Å². The van der Waals surface area contributed by atoms with Crippen LogP contribution in [0.5, 0.6) is 0 Å². The highest BCUT2D eigenvalue weighted by Crippen LogP contribution is 2.67. The highest BCUT2D eigenvalue weighted by atomic mass is 16.6. The molecule has 0 amide bonds. The van der Waals surface area contributed by atoms with Gasteiger partial charge in [-0.25, -0.2) is 9.59 Å². The molecule has 3 aliphatic carbocycles. The van der Waals surface area contributed by atoms with Crippen LogP contribution < -0.4 is 0 Å². The van der Waals surface area contributed by atoms with Crippen molar-refractivity contribution in [1.82, 2.24) is 0 Å². The second-order valence-corrected chi connectivity index (χ2v) is 13.1. The molecule has 2 bridgehead atoms. The Labute approximate surface area is 245 Å². The van der Waals surface area contributed by atoms with E-state index in [9.17, 15) is 19.2 Å². The molecule has 4 aliphatic rings. The molecule has 0 radical (unpaired) electrons. The minimum atomic E-state index is -0.962. The third-order valence-corrected chi connectivity index (χ3v) is 10.6. The molecule has 1 aliphatic heterocycles. The summed E-state index contributed by atoms with van der Waals surface area (Å²) in [7, 11) is 1.34. The lowest BCUT2D eigenvalue weighted by molar-refractivity contribution is -0.178. The maximum Gasteiger partial charge on any atom is 0.338 e. The van der Waals surface area contributed by atoms with Gasteiger partial charge in [-0.05, 0) is 54.0 Å². The number of carbonyl (C=O) groups excluding carboxylic acids is 4. The van der Waals surface area contributed by atoms with Crippen LogP contribution in [0, 0.1) is 34.0 Å². The van der Waals surface area contributed by atoms with Gasteiger partial charge in [-0.2, -0.15) is 0 Å². The Hall–Kier alpha value is -3.94. The van der Waals surface area contributed by atoms with Crippen LogP contribution in [0.2, 0.25) is 0 Å². The number of fused-ring (bicyclic) bond motifs is 6. The van der Waals surface area contributed by atoms with Crippen molar-refractivity contribution in [3.05, 3.63) is 83.3 Å². The fraction of sp³-hybridized carbons (Fsp3) is 0.471. The van der Waals surface area contributed by atoms with Crippen molar-refractivity contribution < 1.29 is 37.8 Å². The SMILES string of the molecule is COC(=O)C[C@H]1C(C)(C)[C@H](OC(=O)c2ccccc2)[C@@H]2C=C3C4=CC(=O)O[C@@H](c5ccoc5)[C@]4(C)CC[C@@H]3[C@@]1(C)C2=O. The molecule has 2 heterocycles. The Bertz CT molecular complexity index is 1500. The molecule has 0 unspecified atom stereocenters. The number of ether oxygens (including phenoxy) is 3. The molecule has 8 nitrogen and oxygen atoms in total. The minimum Gasteiger partial charge on any atom is -0.472 e. The summed E-state index contributed by atoms with van der Waals surface area (Å²) in [6.45, 7) is 7.97. The van der Waals surface area contributed by atoms with Gasteiger partial charge >= 0.3 is 17.9 Å². The van der Waals surface area contributed by atoms with Gasteiger partial charge in [0.05, 0.1) is 31.1 Å². The predicted molar refractivity (Wildman–Crippen MR) is 151 cm³/mol. The fourth-order valence-corrected chi connectivity index (χ4v) is 8.44. The molecule has 0 saturated heterocycles. The highest BCUT2D eigenvalue weighted by molar-refractivity contribution is 5.96. The molecule has 2 aromatic rings. The number of methoxy groups -OCH3 is 1. The second kappa shape index (κ2) is 9.82. The van der Waals surface area contributed by atoms with Crippen LogP contribution in [-0.4, -0.2) is 36.9 Å². The molecule has 1 aromatic heterocycles. The molecule has 2 saturated carbocycles. The van der Waals surface area contributed by atoms with E-state index in [0.29, 0.717) is 18.4 Å². The van der Waals surface area contributed by atoms with Gasteiger partial charge in [-0.15, -0.1) is 0 Å². The average molecular weight is 573 g/mol. The molecule has 0 N–H and O–H groups in total. The van der Waals surface area contributed by atoms with Crippen molar-refractivity contribution in [3.8, 4) is 0 Å². The number of benzene rings is 1. The summed E-state index contributed by atoms with van der Waals surface area (Å²) in [5, 5.41) is 0. The Morgan fingerprint density at radius 2 is 1.79 bits per heavy atom. The van der Waals surface area contributed by atoms with E-state index in [-0.39, 0.29) is 18.1 Å². The zero-order valence-corrected chi connectivity index (χ0v) is 24.5. The Balaban J connectivity index is 1.50. The van der Waals surface area contributed by atoms with E-state index in [1.165, 1.54) is 7.11 Å². The van der Waals surface area contributed by atoms with E-state index in [0.717, 1.165) is 16.7 Å². The number of furan rings is 1. The molecule has 7 atom stereocenters. The first kappa shape index (κ1) is 28.2. The maximum atomic E-state index is 14.5. The summed E-state index contributed by atoms with van der Waals surface area (Å²) in [6, 6.07) is 10.5. The summed E-state index contributed by atoms with van der Waals surface area (Å²) in [5.41, 5.74) is 0.597. The lowest BCUT2D eigenvalue weighted by Gasteiger charge is -2.62. The van der Waals surface area contributed by atoms with E-state index >= 15 is 0 Å². The van der Waals surface area contributed by atoms with Gasteiger partial charge in [0.1, 0.15) is 18.0 Å². The molecule has 1 aromatic carbocycles. The van der Waals surface area contributed by atoms with Crippen molar-refractivity contribution >= 4 is 23.7 Å². The van der Waals surface area contributed by atoms with Crippen LogP contribution in [0.4, 0.5) is 0 Å². The smallest absolute Gasteiger partial charge is 0.338 e. The summed E-state index contributed by atoms with van der Waals surface area (Å²) in [6.07, 6.45) is 6.56. The van der Waals surface area contributed by atoms with Crippen molar-refractivity contribution in [2.45, 2.75) is 59.2 Å². The molecule has 0 spiro atoms. The third kappa shape index (κ3) is 4.02. The number of cyclic esters (lactones) is 1. The summed E-state index contributed by atoms with van der Waals surface area (Å²) < 4.78 is 22.5. The minimum absolute atomic E-state index is 0.00235. The van der Waals surface area contributed by atoms with Gasteiger partial charge in [0.2, 0.25) is 0 Å². The quantitative estimate of drug-likeness (QED) is 0.327. The van der Waals surface area contributed by atoms with Gasteiger partial charge < -0.3 is 18.6 Å². The number of rotatable bonds is 5. The number of hydrogen-bond donors (Lipinski definition) is 0. The normalized spacial score (nSPS) is 34.6. The predicted octanol–water partition coefficient (Wildman–Crippen LogP) is 5.80. The zero-order valence-electron chi connectivity index (χ0n) is 24.5. The van der Waals surface area contributed by atoms with Gasteiger partial charge in [-0.1, -0.05) is 52.0 Å². The van der Waals surface area contributed by atoms with E-state index in [1.54, 1.807) is 48.9 Å². The number of ketones is 1. The number of carbonyl (C=O) groups is 4. The Morgan fingerprint density at radius 1 is 1.05 bits per heavy atom. The van der Waals surface area contributed by atoms with E-state index in [4.69, 9.17) is 18.6 Å². The largest absolute Gasteiger partial charge is 0.472 e. The zero-order chi connectivity index (χ0) is 30.0. The maximum absolute atomic E-state index is 14.5. The van der Waals surface area contributed by atoms with E-state index in [1.807, 2.05) is 32.9 Å². The highest BCUT2D eigenvalue weighted by Gasteiger charge is 2.68. The van der Waals surface area contributed by atoms with Gasteiger partial charge in [-0.3, -0.25) is 9.59 Å². The van der Waals surface area contributed by atoms with Crippen molar-refractivity contribution in [3.63, 3.8) is 0 Å². The Kier molecular flexibility index (Phi) is 6.59. The average Bonchev–Trinajstić information content (AvgIpc) is 3.51. The summed E-state index contributed by atoms with van der Waals surface area (Å²) in [5.74, 6) is -2.95. The molecular formula is C34H36O8. The van der Waals surface area contributed by atoms with Crippen LogP contribution in [0.3, 0.4) is 0 Å². The topological polar surface area (TPSA) is 109 Å². The van der Waals surface area contributed by atoms with Gasteiger partial charge in [0, 0.05) is 34.3 Å². The first-order valence-corrected chi connectivity index (χ1v) is 14.5. The number of esters is 3. The lowest BCUT2D eigenvalue weighted by atomic mass is 9.41. The standard InChI is InChI=1S/C34H36O8/c1-32(2)25(17-26(35)39-5)34(4)23-11-13-33(3)24(16-27(36)41-29(33)20-12-14-40-18-20)21(23)15-22(28(34)37)30(32)42-31(38)19-9-7-6-8-10-19/h6-10,12,14-16,18,22-23,25,29-30H,11,13,17H2,1-5H3/t22-,23+,25+,29+,30-,33-,34-/m1/s1. The first-order chi connectivity index (χ1) is 19.9. The van der Waals surface area contributed by atoms with Crippen LogP contribution in [0.15, 0.2) is 76.6 Å². The van der Waals surface area contributed by atoms with Gasteiger partial charge in [0.25, 0.3) is 0 Å². The van der Waals surface area contributed by atoms with Crippen molar-refractivity contribution in [2.24, 2.45) is 34.0 Å². The molecule has 6 rings (SSSR count). The summed E-state index contributed by atoms with van der Waals surface area (Å²) >= 11 is 0. The van der Waals surface area contributed by atoms with E-state index in [2.05, 4.69) is 6.92 Å². The first-order valence-electron chi connectivity index (χ1n) is 14.5. The Morgan fingerprint density at radius 3 is 2.45 bits per heavy atom. The van der Waals surface area contributed by atoms with Crippen LogP contribution in [0.25, 0.3) is 0 Å². The monoisotopic (exact) mass is 572 g/mol. The van der Waals surface area contributed by atoms with Crippen LogP contribution in [0.1, 0.15) is 69.0 Å². The van der Waals surface area contributed by atoms with Crippen molar-refractivity contribution in [1.29, 1.82) is 0 Å².